The molecule has 2 N–H and O–H groups in total. The SMILES string of the molecule is CCCC[N+]1(C)C(=O)C(CNC(=O)c2cc(-c3ccc(CN4CCOCC4)cc3)cc(N(C)C3CCC(NC(C)=O)CC3)c2C)C(C)CC1C. The summed E-state index contributed by atoms with van der Waals surface area (Å²) in [6.45, 7) is 15.7. The zero-order valence-electron chi connectivity index (χ0n) is 31.7. The lowest BCUT2D eigenvalue weighted by molar-refractivity contribution is -0.865. The molecule has 9 nitrogen and oxygen atoms in total. The smallest absolute Gasteiger partial charge is 0.318 e. The van der Waals surface area contributed by atoms with E-state index in [-0.39, 0.29) is 41.6 Å². The maximum absolute atomic E-state index is 14.2. The lowest BCUT2D eigenvalue weighted by atomic mass is 9.81. The van der Waals surface area contributed by atoms with Crippen molar-refractivity contribution in [2.24, 2.45) is 11.8 Å². The molecule has 2 aromatic rings. The van der Waals surface area contributed by atoms with Gasteiger partial charge in [0.2, 0.25) is 5.91 Å². The highest BCUT2D eigenvalue weighted by Crippen LogP contribution is 2.36. The Bertz CT molecular complexity index is 1480. The van der Waals surface area contributed by atoms with Crippen molar-refractivity contribution in [1.82, 2.24) is 15.5 Å². The number of hydrogen-bond acceptors (Lipinski definition) is 6. The van der Waals surface area contributed by atoms with Crippen LogP contribution in [-0.4, -0.2) is 98.7 Å². The number of carbonyl (C=O) groups excluding carboxylic acids is 3. The molecule has 3 amide bonds. The summed E-state index contributed by atoms with van der Waals surface area (Å²) in [5.74, 6) is 0.158. The first-order chi connectivity index (χ1) is 23.9. The largest absolute Gasteiger partial charge is 0.379 e. The molecule has 1 saturated carbocycles. The number of carbonyl (C=O) groups is 3. The van der Waals surface area contributed by atoms with E-state index in [0.29, 0.717) is 22.6 Å². The predicted octanol–water partition coefficient (Wildman–Crippen LogP) is 5.93. The van der Waals surface area contributed by atoms with Crippen molar-refractivity contribution < 1.29 is 23.6 Å². The Morgan fingerprint density at radius 1 is 1.02 bits per heavy atom. The van der Waals surface area contributed by atoms with Crippen LogP contribution in [-0.2, 0) is 20.9 Å². The molecule has 4 atom stereocenters. The Hall–Kier alpha value is -3.27. The van der Waals surface area contributed by atoms with Gasteiger partial charge in [-0.05, 0) is 86.3 Å². The number of benzene rings is 2. The fourth-order valence-corrected chi connectivity index (χ4v) is 8.56. The van der Waals surface area contributed by atoms with E-state index in [9.17, 15) is 14.4 Å². The number of anilines is 1. The first-order valence-electron chi connectivity index (χ1n) is 19.1. The first-order valence-corrected chi connectivity index (χ1v) is 19.1. The molecule has 0 aromatic heterocycles. The average Bonchev–Trinajstić information content (AvgIpc) is 3.10. The van der Waals surface area contributed by atoms with Gasteiger partial charge < -0.3 is 20.3 Å². The van der Waals surface area contributed by atoms with Crippen LogP contribution in [0.3, 0.4) is 0 Å². The van der Waals surface area contributed by atoms with E-state index in [0.717, 1.165) is 107 Å². The number of amides is 3. The van der Waals surface area contributed by atoms with Crippen LogP contribution in [0.5, 0.6) is 0 Å². The Kier molecular flexibility index (Phi) is 12.8. The molecule has 2 saturated heterocycles. The number of unbranched alkanes of at least 4 members (excludes halogenated alkanes) is 1. The van der Waals surface area contributed by atoms with E-state index in [1.165, 1.54) is 5.56 Å². The molecule has 3 aliphatic rings. The van der Waals surface area contributed by atoms with Crippen molar-refractivity contribution in [2.75, 3.05) is 58.4 Å². The second-order valence-electron chi connectivity index (χ2n) is 15.6. The van der Waals surface area contributed by atoms with Crippen molar-refractivity contribution in [1.29, 1.82) is 0 Å². The van der Waals surface area contributed by atoms with Crippen molar-refractivity contribution in [2.45, 2.75) is 104 Å². The van der Waals surface area contributed by atoms with E-state index in [1.54, 1.807) is 6.92 Å². The van der Waals surface area contributed by atoms with Crippen LogP contribution in [0.25, 0.3) is 11.1 Å². The highest BCUT2D eigenvalue weighted by molar-refractivity contribution is 5.99. The molecule has 274 valence electrons. The van der Waals surface area contributed by atoms with Crippen LogP contribution in [0.1, 0.15) is 94.1 Å². The van der Waals surface area contributed by atoms with E-state index >= 15 is 0 Å². The van der Waals surface area contributed by atoms with Crippen LogP contribution in [0, 0.1) is 18.8 Å². The van der Waals surface area contributed by atoms with Gasteiger partial charge in [0.25, 0.3) is 5.91 Å². The van der Waals surface area contributed by atoms with E-state index in [2.05, 4.69) is 85.6 Å². The number of nitrogens with one attached hydrogen (secondary N) is 2. The molecule has 0 bridgehead atoms. The van der Waals surface area contributed by atoms with Crippen molar-refractivity contribution >= 4 is 23.4 Å². The molecular weight excluding hydrogens is 626 g/mol. The molecule has 2 aliphatic heterocycles. The first kappa shape index (κ1) is 38.0. The summed E-state index contributed by atoms with van der Waals surface area (Å²) in [6, 6.07) is 13.8. The summed E-state index contributed by atoms with van der Waals surface area (Å²) in [6.07, 6.45) is 6.87. The van der Waals surface area contributed by atoms with Gasteiger partial charge in [0.05, 0.1) is 38.8 Å². The van der Waals surface area contributed by atoms with Crippen LogP contribution in [0.4, 0.5) is 5.69 Å². The van der Waals surface area contributed by atoms with E-state index in [4.69, 9.17) is 4.74 Å². The molecule has 5 rings (SSSR count). The standard InChI is InChI=1S/C41H61N5O4/c1-8-9-20-46(7)29(3)23-28(2)38(41(46)49)26-42-40(48)37-24-34(33-12-10-32(11-13-33)27-45-18-21-50-22-19-45)25-39(30(37)4)44(6)36-16-14-35(15-17-36)43-31(5)47/h10-13,24-25,28-29,35-36,38H,8-9,14-23,26-27H2,1-7H3,(H-,42,43,47,48)/p+1. The van der Waals surface area contributed by atoms with Crippen molar-refractivity contribution in [3.05, 3.63) is 53.1 Å². The maximum atomic E-state index is 14.2. The zero-order valence-corrected chi connectivity index (χ0v) is 31.7. The summed E-state index contributed by atoms with van der Waals surface area (Å²) in [7, 11) is 4.23. The van der Waals surface area contributed by atoms with Gasteiger partial charge in [-0.25, -0.2) is 4.79 Å². The van der Waals surface area contributed by atoms with Gasteiger partial charge in [0.1, 0.15) is 0 Å². The second-order valence-corrected chi connectivity index (χ2v) is 15.6. The third-order valence-electron chi connectivity index (χ3n) is 12.1. The number of rotatable bonds is 12. The van der Waals surface area contributed by atoms with E-state index in [1.807, 2.05) is 13.0 Å². The normalized spacial score (nSPS) is 27.5. The Balaban J connectivity index is 1.39. The van der Waals surface area contributed by atoms with Crippen molar-refractivity contribution in [3.8, 4) is 11.1 Å². The highest BCUT2D eigenvalue weighted by Gasteiger charge is 2.49. The zero-order chi connectivity index (χ0) is 36.0. The van der Waals surface area contributed by atoms with Crippen LogP contribution in [0.15, 0.2) is 36.4 Å². The third kappa shape index (κ3) is 8.78. The van der Waals surface area contributed by atoms with Gasteiger partial charge in [-0.2, -0.15) is 0 Å². The summed E-state index contributed by atoms with van der Waals surface area (Å²) in [5.41, 5.74) is 5.99. The minimum Gasteiger partial charge on any atom is -0.379 e. The molecule has 1 aliphatic carbocycles. The topological polar surface area (TPSA) is 91.0 Å². The third-order valence-corrected chi connectivity index (χ3v) is 12.1. The molecule has 2 heterocycles. The maximum Gasteiger partial charge on any atom is 0.318 e. The Morgan fingerprint density at radius 3 is 2.34 bits per heavy atom. The molecule has 9 heteroatoms. The minimum absolute atomic E-state index is 0.0281. The number of likely N-dealkylation sites (tertiary alicyclic amines) is 1. The molecule has 0 spiro atoms. The lowest BCUT2D eigenvalue weighted by Crippen LogP contribution is -2.64. The second kappa shape index (κ2) is 16.8. The minimum atomic E-state index is -0.208. The molecule has 50 heavy (non-hydrogen) atoms. The van der Waals surface area contributed by atoms with Crippen LogP contribution < -0.4 is 15.5 Å². The Labute approximate surface area is 300 Å². The van der Waals surface area contributed by atoms with E-state index < -0.39 is 0 Å². The number of ether oxygens (including phenoxy) is 1. The van der Waals surface area contributed by atoms with Gasteiger partial charge in [-0.15, -0.1) is 0 Å². The quantitative estimate of drug-likeness (QED) is 0.269. The van der Waals surface area contributed by atoms with Crippen LogP contribution >= 0.6 is 0 Å². The summed E-state index contributed by atoms with van der Waals surface area (Å²) >= 11 is 0. The predicted molar refractivity (Wildman–Crippen MR) is 201 cm³/mol. The summed E-state index contributed by atoms with van der Waals surface area (Å²) < 4.78 is 5.98. The molecule has 4 unspecified atom stereocenters. The monoisotopic (exact) mass is 688 g/mol. The molecule has 0 radical (unpaired) electrons. The van der Waals surface area contributed by atoms with Gasteiger partial charge in [-0.3, -0.25) is 19.0 Å². The number of piperidine rings is 1. The lowest BCUT2D eigenvalue weighted by Gasteiger charge is -2.46. The average molecular weight is 689 g/mol. The van der Waals surface area contributed by atoms with Crippen molar-refractivity contribution in [3.63, 3.8) is 0 Å². The fourth-order valence-electron chi connectivity index (χ4n) is 8.56. The summed E-state index contributed by atoms with van der Waals surface area (Å²) in [5, 5.41) is 6.33. The van der Waals surface area contributed by atoms with Gasteiger partial charge >= 0.3 is 5.91 Å². The van der Waals surface area contributed by atoms with Gasteiger partial charge in [0, 0.05) is 69.9 Å². The highest BCUT2D eigenvalue weighted by atomic mass is 16.5. The summed E-state index contributed by atoms with van der Waals surface area (Å²) in [4.78, 5) is 44.6. The number of quaternary nitrogens is 1. The van der Waals surface area contributed by atoms with Gasteiger partial charge in [0.15, 0.2) is 0 Å². The molecular formula is C41H62N5O4+. The Morgan fingerprint density at radius 2 is 1.70 bits per heavy atom. The van der Waals surface area contributed by atoms with Gasteiger partial charge in [-0.1, -0.05) is 44.5 Å². The van der Waals surface area contributed by atoms with Crippen LogP contribution in [0.2, 0.25) is 0 Å². The molecule has 3 fully saturated rings. The molecule has 2 aromatic carbocycles. The number of nitrogens with zero attached hydrogens (tertiary/aromatic N) is 3. The fraction of sp³-hybridized carbons (Fsp3) is 0.634. The number of hydrogen-bond donors (Lipinski definition) is 2. The number of morpholine rings is 1.